The lowest BCUT2D eigenvalue weighted by Gasteiger charge is -2.00. The molecule has 0 unspecified atom stereocenters. The molecule has 8 heteroatoms. The van der Waals surface area contributed by atoms with E-state index in [4.69, 9.17) is 5.73 Å². The molecule has 0 amide bonds. The van der Waals surface area contributed by atoms with Crippen LogP contribution in [0.5, 0.6) is 0 Å². The zero-order valence-electron chi connectivity index (χ0n) is 8.62. The Morgan fingerprint density at radius 3 is 3.18 bits per heavy atom. The summed E-state index contributed by atoms with van der Waals surface area (Å²) >= 11 is 3.06. The predicted octanol–water partition coefficient (Wildman–Crippen LogP) is 1.68. The Bertz CT molecular complexity index is 632. The second kappa shape index (κ2) is 4.30. The highest BCUT2D eigenvalue weighted by atomic mass is 32.2. The Kier molecular flexibility index (Phi) is 2.65. The van der Waals surface area contributed by atoms with Crippen LogP contribution >= 0.6 is 23.1 Å². The smallest absolute Gasteiger partial charge is 0.183 e. The van der Waals surface area contributed by atoms with Gasteiger partial charge in [-0.05, 0) is 11.4 Å². The van der Waals surface area contributed by atoms with E-state index in [9.17, 15) is 0 Å². The third kappa shape index (κ3) is 2.08. The molecule has 0 aliphatic heterocycles. The molecule has 3 heterocycles. The van der Waals surface area contributed by atoms with E-state index in [1.165, 1.54) is 18.1 Å². The van der Waals surface area contributed by atoms with Gasteiger partial charge >= 0.3 is 0 Å². The zero-order chi connectivity index (χ0) is 11.7. The van der Waals surface area contributed by atoms with E-state index >= 15 is 0 Å². The summed E-state index contributed by atoms with van der Waals surface area (Å²) in [4.78, 5) is 13.6. The van der Waals surface area contributed by atoms with Crippen molar-refractivity contribution in [3.8, 4) is 0 Å². The molecule has 0 atom stereocenters. The van der Waals surface area contributed by atoms with Crippen LogP contribution in [0.25, 0.3) is 10.2 Å². The molecule has 0 fully saturated rings. The minimum Gasteiger partial charge on any atom is -0.383 e. The lowest BCUT2D eigenvalue weighted by Crippen LogP contribution is -1.98. The van der Waals surface area contributed by atoms with E-state index in [0.29, 0.717) is 17.4 Å². The number of anilines is 1. The highest BCUT2D eigenvalue weighted by Crippen LogP contribution is 2.24. The van der Waals surface area contributed by atoms with E-state index in [1.807, 2.05) is 11.4 Å². The monoisotopic (exact) mass is 264 g/mol. The molecule has 0 aliphatic rings. The summed E-state index contributed by atoms with van der Waals surface area (Å²) in [7, 11) is 0. The minimum absolute atomic E-state index is 0.532. The van der Waals surface area contributed by atoms with Gasteiger partial charge in [-0.25, -0.2) is 15.0 Å². The van der Waals surface area contributed by atoms with E-state index in [0.717, 1.165) is 15.4 Å². The van der Waals surface area contributed by atoms with Gasteiger partial charge in [0.1, 0.15) is 22.8 Å². The average molecular weight is 264 g/mol. The number of nitrogens with one attached hydrogen (secondary N) is 1. The fraction of sp³-hybridized carbons (Fsp3) is 0.111. The molecule has 0 bridgehead atoms. The topological polar surface area (TPSA) is 93.4 Å². The number of rotatable bonds is 3. The SMILES string of the molecule is Nc1nc(CSc2ncn[nH]2)nc2sccc12. The van der Waals surface area contributed by atoms with Gasteiger partial charge in [-0.2, -0.15) is 5.10 Å². The Labute approximate surface area is 105 Å². The fourth-order valence-electron chi connectivity index (χ4n) is 1.39. The van der Waals surface area contributed by atoms with Crippen molar-refractivity contribution in [1.82, 2.24) is 25.1 Å². The predicted molar refractivity (Wildman–Crippen MR) is 67.8 cm³/mol. The van der Waals surface area contributed by atoms with Crippen LogP contribution in [0.3, 0.4) is 0 Å². The van der Waals surface area contributed by atoms with Crippen LogP contribution in [-0.2, 0) is 5.75 Å². The number of nitrogens with two attached hydrogens (primary N) is 1. The first-order chi connectivity index (χ1) is 8.33. The van der Waals surface area contributed by atoms with Gasteiger partial charge in [-0.3, -0.25) is 5.10 Å². The second-order valence-corrected chi connectivity index (χ2v) is 5.10. The molecule has 3 N–H and O–H groups in total. The molecule has 0 saturated heterocycles. The number of hydrogen-bond acceptors (Lipinski definition) is 7. The Morgan fingerprint density at radius 1 is 1.41 bits per heavy atom. The summed E-state index contributed by atoms with van der Waals surface area (Å²) in [5, 5.41) is 10.2. The van der Waals surface area contributed by atoms with Crippen LogP contribution in [0.4, 0.5) is 5.82 Å². The van der Waals surface area contributed by atoms with E-state index in [1.54, 1.807) is 11.3 Å². The summed E-state index contributed by atoms with van der Waals surface area (Å²) in [6.07, 6.45) is 1.47. The van der Waals surface area contributed by atoms with Gasteiger partial charge in [0.2, 0.25) is 0 Å². The summed E-state index contributed by atoms with van der Waals surface area (Å²) in [6.45, 7) is 0. The fourth-order valence-corrected chi connectivity index (χ4v) is 2.81. The first kappa shape index (κ1) is 10.5. The lowest BCUT2D eigenvalue weighted by atomic mass is 10.4. The Balaban J connectivity index is 1.85. The van der Waals surface area contributed by atoms with Crippen molar-refractivity contribution in [3.05, 3.63) is 23.6 Å². The van der Waals surface area contributed by atoms with Crippen molar-refractivity contribution in [1.29, 1.82) is 0 Å². The number of hydrogen-bond donors (Lipinski definition) is 2. The molecule has 3 rings (SSSR count). The molecular weight excluding hydrogens is 256 g/mol. The van der Waals surface area contributed by atoms with E-state index in [2.05, 4.69) is 25.1 Å². The van der Waals surface area contributed by atoms with Crippen LogP contribution in [0.2, 0.25) is 0 Å². The molecule has 0 aliphatic carbocycles. The molecule has 3 aromatic rings. The minimum atomic E-state index is 0.532. The molecule has 17 heavy (non-hydrogen) atoms. The number of nitrogens with zero attached hydrogens (tertiary/aromatic N) is 4. The normalized spacial score (nSPS) is 11.1. The number of thioether (sulfide) groups is 1. The average Bonchev–Trinajstić information content (AvgIpc) is 2.97. The molecule has 0 spiro atoms. The number of thiophene rings is 1. The first-order valence-corrected chi connectivity index (χ1v) is 6.67. The Hall–Kier alpha value is -1.67. The summed E-state index contributed by atoms with van der Waals surface area (Å²) in [6, 6.07) is 1.93. The van der Waals surface area contributed by atoms with Crippen LogP contribution < -0.4 is 5.73 Å². The molecule has 3 aromatic heterocycles. The highest BCUT2D eigenvalue weighted by molar-refractivity contribution is 7.98. The van der Waals surface area contributed by atoms with Gasteiger partial charge in [-0.15, -0.1) is 11.3 Å². The Morgan fingerprint density at radius 2 is 2.35 bits per heavy atom. The molecule has 0 radical (unpaired) electrons. The first-order valence-electron chi connectivity index (χ1n) is 4.80. The molecule has 6 nitrogen and oxygen atoms in total. The third-order valence-electron chi connectivity index (χ3n) is 2.13. The third-order valence-corrected chi connectivity index (χ3v) is 3.81. The maximum absolute atomic E-state index is 5.86. The van der Waals surface area contributed by atoms with Crippen molar-refractivity contribution in [2.24, 2.45) is 0 Å². The van der Waals surface area contributed by atoms with Crippen LogP contribution in [0.1, 0.15) is 5.82 Å². The van der Waals surface area contributed by atoms with Crippen LogP contribution in [-0.4, -0.2) is 25.1 Å². The van der Waals surface area contributed by atoms with Crippen LogP contribution in [0.15, 0.2) is 22.9 Å². The van der Waals surface area contributed by atoms with Crippen molar-refractivity contribution in [3.63, 3.8) is 0 Å². The zero-order valence-corrected chi connectivity index (χ0v) is 10.3. The maximum Gasteiger partial charge on any atom is 0.183 e. The molecule has 0 saturated carbocycles. The number of H-pyrrole nitrogens is 1. The van der Waals surface area contributed by atoms with Gasteiger partial charge in [0.05, 0.1) is 11.1 Å². The van der Waals surface area contributed by atoms with Crippen molar-refractivity contribution in [2.45, 2.75) is 10.9 Å². The molecule has 86 valence electrons. The lowest BCUT2D eigenvalue weighted by molar-refractivity contribution is 0.968. The van der Waals surface area contributed by atoms with Crippen LogP contribution in [0, 0.1) is 0 Å². The summed E-state index contributed by atoms with van der Waals surface area (Å²) < 4.78 is 0. The number of nitrogen functional groups attached to an aromatic ring is 1. The molecule has 0 aromatic carbocycles. The van der Waals surface area contributed by atoms with Gasteiger partial charge in [0.15, 0.2) is 5.16 Å². The van der Waals surface area contributed by atoms with Crippen molar-refractivity contribution >= 4 is 39.1 Å². The quantitative estimate of drug-likeness (QED) is 0.699. The van der Waals surface area contributed by atoms with Gasteiger partial charge in [0, 0.05) is 0 Å². The van der Waals surface area contributed by atoms with E-state index < -0.39 is 0 Å². The molecular formula is C9H8N6S2. The van der Waals surface area contributed by atoms with Gasteiger partial charge in [-0.1, -0.05) is 11.8 Å². The standard InChI is InChI=1S/C9H8N6S2/c10-7-5-1-2-16-8(5)14-6(13-7)3-17-9-11-4-12-15-9/h1-2,4H,3H2,(H2,10,13,14)(H,11,12,15). The number of aromatic amines is 1. The largest absolute Gasteiger partial charge is 0.383 e. The van der Waals surface area contributed by atoms with Gasteiger partial charge in [0.25, 0.3) is 0 Å². The summed E-state index contributed by atoms with van der Waals surface area (Å²) in [5.41, 5.74) is 5.86. The number of fused-ring (bicyclic) bond motifs is 1. The highest BCUT2D eigenvalue weighted by Gasteiger charge is 2.07. The van der Waals surface area contributed by atoms with Gasteiger partial charge < -0.3 is 5.73 Å². The summed E-state index contributed by atoms with van der Waals surface area (Å²) in [5.74, 6) is 1.86. The van der Waals surface area contributed by atoms with Crippen molar-refractivity contribution < 1.29 is 0 Å². The van der Waals surface area contributed by atoms with E-state index in [-0.39, 0.29) is 0 Å². The maximum atomic E-state index is 5.86. The number of aromatic nitrogens is 5. The van der Waals surface area contributed by atoms with Crippen molar-refractivity contribution in [2.75, 3.05) is 5.73 Å². The second-order valence-electron chi connectivity index (χ2n) is 3.24.